The number of halogens is 1. The summed E-state index contributed by atoms with van der Waals surface area (Å²) in [6.45, 7) is 1.74. The van der Waals surface area contributed by atoms with Gasteiger partial charge >= 0.3 is 5.97 Å². The third-order valence-corrected chi connectivity index (χ3v) is 2.83. The highest BCUT2D eigenvalue weighted by atomic mass is 19.1. The topological polar surface area (TPSA) is 53.4 Å². The second kappa shape index (κ2) is 5.06. The van der Waals surface area contributed by atoms with Crippen LogP contribution in [0.15, 0.2) is 36.5 Å². The number of pyridine rings is 1. The van der Waals surface area contributed by atoms with Gasteiger partial charge in [0.2, 0.25) is 0 Å². The van der Waals surface area contributed by atoms with E-state index in [4.69, 9.17) is 5.11 Å². The van der Waals surface area contributed by atoms with Crippen LogP contribution in [-0.2, 0) is 0 Å². The molecule has 1 aromatic carbocycles. The van der Waals surface area contributed by atoms with Crippen LogP contribution in [0.2, 0.25) is 0 Å². The molecule has 0 atom stereocenters. The van der Waals surface area contributed by atoms with Crippen molar-refractivity contribution in [2.45, 2.75) is 6.92 Å². The lowest BCUT2D eigenvalue weighted by Crippen LogP contribution is -2.15. The van der Waals surface area contributed by atoms with Crippen LogP contribution < -0.4 is 4.90 Å². The first-order valence-electron chi connectivity index (χ1n) is 5.69. The van der Waals surface area contributed by atoms with Gasteiger partial charge in [0.15, 0.2) is 0 Å². The summed E-state index contributed by atoms with van der Waals surface area (Å²) < 4.78 is 13.7. The van der Waals surface area contributed by atoms with Crippen LogP contribution in [0.4, 0.5) is 15.9 Å². The molecule has 0 amide bonds. The summed E-state index contributed by atoms with van der Waals surface area (Å²) >= 11 is 0. The van der Waals surface area contributed by atoms with Crippen LogP contribution in [0, 0.1) is 12.7 Å². The van der Waals surface area contributed by atoms with E-state index in [1.807, 2.05) is 0 Å². The first-order valence-corrected chi connectivity index (χ1v) is 5.69. The number of aromatic nitrogens is 1. The number of carboxylic acids is 1. The van der Waals surface area contributed by atoms with E-state index in [1.165, 1.54) is 18.3 Å². The van der Waals surface area contributed by atoms with Crippen molar-refractivity contribution >= 4 is 17.5 Å². The molecule has 0 bridgehead atoms. The Morgan fingerprint density at radius 3 is 2.63 bits per heavy atom. The van der Waals surface area contributed by atoms with Gasteiger partial charge in [0.05, 0.1) is 11.3 Å². The molecule has 2 rings (SSSR count). The van der Waals surface area contributed by atoms with Crippen LogP contribution >= 0.6 is 0 Å². The highest BCUT2D eigenvalue weighted by molar-refractivity contribution is 5.88. The molecule has 0 aliphatic heterocycles. The fraction of sp³-hybridized carbons (Fsp3) is 0.143. The van der Waals surface area contributed by atoms with Crippen molar-refractivity contribution in [3.63, 3.8) is 0 Å². The quantitative estimate of drug-likeness (QED) is 0.921. The molecule has 0 aliphatic rings. The van der Waals surface area contributed by atoms with Crippen molar-refractivity contribution < 1.29 is 14.3 Å². The largest absolute Gasteiger partial charge is 0.478 e. The third kappa shape index (κ3) is 2.54. The molecule has 19 heavy (non-hydrogen) atoms. The zero-order chi connectivity index (χ0) is 14.0. The minimum atomic E-state index is -1.03. The SMILES string of the molecule is Cc1cc(C(=O)O)cnc1N(C)c1ccccc1F. The summed E-state index contributed by atoms with van der Waals surface area (Å²) in [6.07, 6.45) is 1.27. The molecule has 0 radical (unpaired) electrons. The van der Waals surface area contributed by atoms with Crippen molar-refractivity contribution in [1.29, 1.82) is 0 Å². The van der Waals surface area contributed by atoms with Crippen molar-refractivity contribution in [2.24, 2.45) is 0 Å². The molecule has 0 fully saturated rings. The number of hydrogen-bond donors (Lipinski definition) is 1. The van der Waals surface area contributed by atoms with E-state index in [1.54, 1.807) is 37.1 Å². The summed E-state index contributed by atoms with van der Waals surface area (Å²) in [5.74, 6) is -0.862. The maximum atomic E-state index is 13.7. The van der Waals surface area contributed by atoms with E-state index in [2.05, 4.69) is 4.98 Å². The maximum absolute atomic E-state index is 13.7. The van der Waals surface area contributed by atoms with Crippen molar-refractivity contribution in [2.75, 3.05) is 11.9 Å². The van der Waals surface area contributed by atoms with Gasteiger partial charge in [-0.25, -0.2) is 14.2 Å². The van der Waals surface area contributed by atoms with E-state index in [-0.39, 0.29) is 11.4 Å². The third-order valence-electron chi connectivity index (χ3n) is 2.83. The lowest BCUT2D eigenvalue weighted by Gasteiger charge is -2.20. The fourth-order valence-electron chi connectivity index (χ4n) is 1.87. The summed E-state index contributed by atoms with van der Waals surface area (Å²) in [7, 11) is 1.69. The van der Waals surface area contributed by atoms with Gasteiger partial charge in [-0.3, -0.25) is 0 Å². The van der Waals surface area contributed by atoms with E-state index >= 15 is 0 Å². The van der Waals surface area contributed by atoms with Crippen LogP contribution in [0.3, 0.4) is 0 Å². The first kappa shape index (κ1) is 13.0. The lowest BCUT2D eigenvalue weighted by molar-refractivity contribution is 0.0696. The second-order valence-corrected chi connectivity index (χ2v) is 4.18. The highest BCUT2D eigenvalue weighted by Crippen LogP contribution is 2.27. The molecule has 0 unspecified atom stereocenters. The lowest BCUT2D eigenvalue weighted by atomic mass is 10.2. The number of aromatic carboxylic acids is 1. The van der Waals surface area contributed by atoms with Gasteiger partial charge in [0.1, 0.15) is 11.6 Å². The minimum absolute atomic E-state index is 0.114. The van der Waals surface area contributed by atoms with E-state index in [9.17, 15) is 9.18 Å². The van der Waals surface area contributed by atoms with Crippen molar-refractivity contribution in [3.8, 4) is 0 Å². The molecule has 0 spiro atoms. The van der Waals surface area contributed by atoms with Gasteiger partial charge < -0.3 is 10.0 Å². The van der Waals surface area contributed by atoms with Gasteiger partial charge in [-0.05, 0) is 30.7 Å². The Bertz CT molecular complexity index is 629. The molecule has 0 saturated heterocycles. The van der Waals surface area contributed by atoms with E-state index in [0.29, 0.717) is 17.1 Å². The van der Waals surface area contributed by atoms with Crippen LogP contribution in [0.1, 0.15) is 15.9 Å². The number of aryl methyl sites for hydroxylation is 1. The molecule has 1 aromatic heterocycles. The Kier molecular flexibility index (Phi) is 3.46. The van der Waals surface area contributed by atoms with Gasteiger partial charge in [-0.15, -0.1) is 0 Å². The number of hydrogen-bond acceptors (Lipinski definition) is 3. The van der Waals surface area contributed by atoms with Crippen LogP contribution in [0.25, 0.3) is 0 Å². The summed E-state index contributed by atoms with van der Waals surface area (Å²) in [5.41, 5.74) is 1.18. The predicted octanol–water partition coefficient (Wildman–Crippen LogP) is 3.00. The van der Waals surface area contributed by atoms with E-state index < -0.39 is 5.97 Å². The fourth-order valence-corrected chi connectivity index (χ4v) is 1.87. The molecule has 98 valence electrons. The smallest absolute Gasteiger partial charge is 0.337 e. The Morgan fingerprint density at radius 2 is 2.05 bits per heavy atom. The number of carbonyl (C=O) groups is 1. The van der Waals surface area contributed by atoms with E-state index in [0.717, 1.165) is 0 Å². The standard InChI is InChI=1S/C14H13FN2O2/c1-9-7-10(14(18)19)8-16-13(9)17(2)12-6-4-3-5-11(12)15/h3-8H,1-2H3,(H,18,19). The Labute approximate surface area is 110 Å². The zero-order valence-corrected chi connectivity index (χ0v) is 10.6. The van der Waals surface area contributed by atoms with Gasteiger partial charge in [-0.2, -0.15) is 0 Å². The zero-order valence-electron chi connectivity index (χ0n) is 10.6. The maximum Gasteiger partial charge on any atom is 0.337 e. The molecule has 2 aromatic rings. The summed E-state index contributed by atoms with van der Waals surface area (Å²) in [5, 5.41) is 8.89. The number of benzene rings is 1. The highest BCUT2D eigenvalue weighted by Gasteiger charge is 2.14. The van der Waals surface area contributed by atoms with Crippen LogP contribution in [-0.4, -0.2) is 23.1 Å². The first-order chi connectivity index (χ1) is 9.00. The number of nitrogens with zero attached hydrogens (tertiary/aromatic N) is 2. The average molecular weight is 260 g/mol. The molecule has 1 heterocycles. The Balaban J connectivity index is 2.42. The molecule has 4 nitrogen and oxygen atoms in total. The molecule has 1 N–H and O–H groups in total. The average Bonchev–Trinajstić information content (AvgIpc) is 2.38. The number of carboxylic acid groups (broad SMARTS) is 1. The Hall–Kier alpha value is -2.43. The molecular weight excluding hydrogens is 247 g/mol. The molecule has 0 aliphatic carbocycles. The van der Waals surface area contributed by atoms with Crippen molar-refractivity contribution in [3.05, 3.63) is 53.5 Å². The summed E-state index contributed by atoms with van der Waals surface area (Å²) in [4.78, 5) is 16.5. The van der Waals surface area contributed by atoms with Gasteiger partial charge in [0, 0.05) is 13.2 Å². The van der Waals surface area contributed by atoms with Crippen LogP contribution in [0.5, 0.6) is 0 Å². The summed E-state index contributed by atoms with van der Waals surface area (Å²) in [6, 6.07) is 7.87. The molecule has 0 saturated carbocycles. The predicted molar refractivity (Wildman–Crippen MR) is 70.4 cm³/mol. The Morgan fingerprint density at radius 1 is 1.37 bits per heavy atom. The number of rotatable bonds is 3. The molecule has 5 heteroatoms. The second-order valence-electron chi connectivity index (χ2n) is 4.18. The minimum Gasteiger partial charge on any atom is -0.478 e. The normalized spacial score (nSPS) is 10.3. The number of anilines is 2. The monoisotopic (exact) mass is 260 g/mol. The van der Waals surface area contributed by atoms with Crippen molar-refractivity contribution in [1.82, 2.24) is 4.98 Å². The number of para-hydroxylation sites is 1. The van der Waals surface area contributed by atoms with Gasteiger partial charge in [0.25, 0.3) is 0 Å². The molecular formula is C14H13FN2O2. The van der Waals surface area contributed by atoms with Gasteiger partial charge in [-0.1, -0.05) is 12.1 Å².